The van der Waals surface area contributed by atoms with Crippen LogP contribution in [0.25, 0.3) is 0 Å². The van der Waals surface area contributed by atoms with Gasteiger partial charge in [-0.3, -0.25) is 14.4 Å². The molecular formula is C32H35N3O6. The molecule has 0 bridgehead atoms. The van der Waals surface area contributed by atoms with E-state index >= 15 is 0 Å². The van der Waals surface area contributed by atoms with E-state index in [2.05, 4.69) is 5.32 Å². The zero-order chi connectivity index (χ0) is 29.6. The number of carbonyl (C=O) groups is 3. The lowest BCUT2D eigenvalue weighted by Gasteiger charge is -2.27. The highest BCUT2D eigenvalue weighted by Crippen LogP contribution is 2.45. The molecule has 1 aliphatic heterocycles. The number of methoxy groups -OCH3 is 1. The number of amides is 3. The van der Waals surface area contributed by atoms with Crippen molar-refractivity contribution in [2.24, 2.45) is 5.92 Å². The molecule has 0 saturated heterocycles. The van der Waals surface area contributed by atoms with Gasteiger partial charge in [-0.05, 0) is 48.0 Å². The Hall–Kier alpha value is -4.47. The normalized spacial score (nSPS) is 16.9. The van der Waals surface area contributed by atoms with Gasteiger partial charge in [-0.25, -0.2) is 0 Å². The molecule has 0 fully saturated rings. The number of aliphatic hydroxyl groups excluding tert-OH is 1. The van der Waals surface area contributed by atoms with E-state index in [4.69, 9.17) is 4.74 Å². The standard InChI is InChI=1S/C32H35N3O6/c1-22(8-7-11-29(37)35(18-19-36)21-23-9-5-4-6-10-23)32(40)27-20-25(14-17-28(27)34(2)31(32)39)33-30(38)24-12-15-26(41-3)16-13-24/h4-10,12-17,20,22,36,40H,11,18-19,21H2,1-3H3,(H,33,38)/b8-7+/t22-,32+/m1/s1. The summed E-state index contributed by atoms with van der Waals surface area (Å²) < 4.78 is 5.14. The predicted molar refractivity (Wildman–Crippen MR) is 157 cm³/mol. The zero-order valence-corrected chi connectivity index (χ0v) is 23.4. The molecule has 9 nitrogen and oxygen atoms in total. The maximum atomic E-state index is 13.3. The van der Waals surface area contributed by atoms with E-state index in [0.717, 1.165) is 5.56 Å². The summed E-state index contributed by atoms with van der Waals surface area (Å²) in [5.41, 5.74) is 0.822. The Morgan fingerprint density at radius 3 is 2.46 bits per heavy atom. The van der Waals surface area contributed by atoms with Crippen molar-refractivity contribution in [1.82, 2.24) is 4.90 Å². The van der Waals surface area contributed by atoms with E-state index in [0.29, 0.717) is 34.8 Å². The molecule has 0 saturated carbocycles. The summed E-state index contributed by atoms with van der Waals surface area (Å²) in [6.45, 7) is 2.12. The average molecular weight is 558 g/mol. The molecule has 3 aromatic carbocycles. The number of benzene rings is 3. The van der Waals surface area contributed by atoms with Gasteiger partial charge >= 0.3 is 0 Å². The Labute approximate surface area is 239 Å². The summed E-state index contributed by atoms with van der Waals surface area (Å²) in [5, 5.41) is 24.0. The van der Waals surface area contributed by atoms with E-state index < -0.39 is 17.4 Å². The van der Waals surface area contributed by atoms with E-state index in [-0.39, 0.29) is 31.4 Å². The maximum Gasteiger partial charge on any atom is 0.264 e. The van der Waals surface area contributed by atoms with Gasteiger partial charge in [0.25, 0.3) is 11.8 Å². The minimum absolute atomic E-state index is 0.0437. The summed E-state index contributed by atoms with van der Waals surface area (Å²) in [6, 6.07) is 21.1. The fourth-order valence-corrected chi connectivity index (χ4v) is 4.94. The van der Waals surface area contributed by atoms with Crippen molar-refractivity contribution in [2.45, 2.75) is 25.5 Å². The molecule has 0 unspecified atom stereocenters. The number of carbonyl (C=O) groups excluding carboxylic acids is 3. The van der Waals surface area contributed by atoms with E-state index in [1.807, 2.05) is 30.3 Å². The molecule has 3 amide bonds. The van der Waals surface area contributed by atoms with Crippen molar-refractivity contribution in [2.75, 3.05) is 37.5 Å². The number of aliphatic hydroxyl groups is 2. The first-order valence-corrected chi connectivity index (χ1v) is 13.4. The molecule has 3 aromatic rings. The van der Waals surface area contributed by atoms with Gasteiger partial charge < -0.3 is 30.1 Å². The summed E-state index contributed by atoms with van der Waals surface area (Å²) in [5.74, 6) is -1.08. The Bertz CT molecular complexity index is 1420. The van der Waals surface area contributed by atoms with Gasteiger partial charge in [0.2, 0.25) is 5.91 Å². The van der Waals surface area contributed by atoms with Crippen LogP contribution in [-0.4, -0.2) is 60.1 Å². The molecule has 0 spiro atoms. The van der Waals surface area contributed by atoms with Crippen molar-refractivity contribution < 1.29 is 29.3 Å². The van der Waals surface area contributed by atoms with Crippen LogP contribution in [0, 0.1) is 5.92 Å². The number of fused-ring (bicyclic) bond motifs is 1. The number of hydrogen-bond acceptors (Lipinski definition) is 6. The van der Waals surface area contributed by atoms with E-state index in [9.17, 15) is 24.6 Å². The monoisotopic (exact) mass is 557 g/mol. The number of likely N-dealkylation sites (N-methyl/N-ethyl adjacent to an activating group) is 1. The summed E-state index contributed by atoms with van der Waals surface area (Å²) in [4.78, 5) is 42.0. The van der Waals surface area contributed by atoms with Crippen LogP contribution >= 0.6 is 0 Å². The molecule has 2 atom stereocenters. The fourth-order valence-electron chi connectivity index (χ4n) is 4.94. The lowest BCUT2D eigenvalue weighted by atomic mass is 9.82. The van der Waals surface area contributed by atoms with Crippen LogP contribution in [-0.2, 0) is 21.7 Å². The number of nitrogens with one attached hydrogen (secondary N) is 1. The summed E-state index contributed by atoms with van der Waals surface area (Å²) in [7, 11) is 3.14. The van der Waals surface area contributed by atoms with Gasteiger partial charge in [0.1, 0.15) is 5.75 Å². The quantitative estimate of drug-likeness (QED) is 0.309. The molecule has 3 N–H and O–H groups in total. The Morgan fingerprint density at radius 1 is 1.10 bits per heavy atom. The molecule has 9 heteroatoms. The van der Waals surface area contributed by atoms with Gasteiger partial charge in [-0.2, -0.15) is 0 Å². The highest BCUT2D eigenvalue weighted by molar-refractivity contribution is 6.08. The van der Waals surface area contributed by atoms with Crippen LogP contribution in [0.1, 0.15) is 34.8 Å². The molecule has 0 aromatic heterocycles. The van der Waals surface area contributed by atoms with Gasteiger partial charge in [-0.1, -0.05) is 49.4 Å². The number of anilines is 2. The number of hydrogen-bond donors (Lipinski definition) is 3. The fraction of sp³-hybridized carbons (Fsp3) is 0.281. The minimum atomic E-state index is -1.89. The Morgan fingerprint density at radius 2 is 1.80 bits per heavy atom. The maximum absolute atomic E-state index is 13.3. The lowest BCUT2D eigenvalue weighted by Crippen LogP contribution is -2.43. The van der Waals surface area contributed by atoms with Crippen molar-refractivity contribution >= 4 is 29.1 Å². The van der Waals surface area contributed by atoms with Crippen LogP contribution in [0.4, 0.5) is 11.4 Å². The highest BCUT2D eigenvalue weighted by Gasteiger charge is 2.51. The smallest absolute Gasteiger partial charge is 0.264 e. The number of rotatable bonds is 11. The van der Waals surface area contributed by atoms with E-state index in [1.54, 1.807) is 80.6 Å². The van der Waals surface area contributed by atoms with Gasteiger partial charge in [0, 0.05) is 49.3 Å². The second kappa shape index (κ2) is 12.8. The molecular weight excluding hydrogens is 522 g/mol. The van der Waals surface area contributed by atoms with Crippen molar-refractivity contribution in [3.63, 3.8) is 0 Å². The number of ether oxygens (including phenoxy) is 1. The molecule has 1 aliphatic rings. The Balaban J connectivity index is 1.49. The third-order valence-electron chi connectivity index (χ3n) is 7.32. The van der Waals surface area contributed by atoms with Crippen molar-refractivity contribution in [1.29, 1.82) is 0 Å². The van der Waals surface area contributed by atoms with Crippen LogP contribution in [0.3, 0.4) is 0 Å². The molecule has 214 valence electrons. The largest absolute Gasteiger partial charge is 0.497 e. The van der Waals surface area contributed by atoms with Crippen molar-refractivity contribution in [3.8, 4) is 5.75 Å². The summed E-state index contributed by atoms with van der Waals surface area (Å²) in [6.07, 6.45) is 3.34. The molecule has 41 heavy (non-hydrogen) atoms. The molecule has 0 radical (unpaired) electrons. The third-order valence-corrected chi connectivity index (χ3v) is 7.32. The molecule has 1 heterocycles. The Kier molecular flexibility index (Phi) is 9.21. The summed E-state index contributed by atoms with van der Waals surface area (Å²) >= 11 is 0. The third kappa shape index (κ3) is 6.32. The molecule has 0 aliphatic carbocycles. The van der Waals surface area contributed by atoms with Crippen LogP contribution in [0.2, 0.25) is 0 Å². The topological polar surface area (TPSA) is 119 Å². The van der Waals surface area contributed by atoms with Crippen LogP contribution in [0.15, 0.2) is 84.9 Å². The van der Waals surface area contributed by atoms with Crippen LogP contribution in [0.5, 0.6) is 5.75 Å². The van der Waals surface area contributed by atoms with Crippen LogP contribution < -0.4 is 15.0 Å². The van der Waals surface area contributed by atoms with Gasteiger partial charge in [-0.15, -0.1) is 0 Å². The second-order valence-electron chi connectivity index (χ2n) is 9.99. The van der Waals surface area contributed by atoms with Crippen molar-refractivity contribution in [3.05, 3.63) is 102 Å². The zero-order valence-electron chi connectivity index (χ0n) is 23.4. The first-order chi connectivity index (χ1) is 19.7. The van der Waals surface area contributed by atoms with Gasteiger partial charge in [0.15, 0.2) is 5.60 Å². The first-order valence-electron chi connectivity index (χ1n) is 13.4. The number of nitrogens with zero attached hydrogens (tertiary/aromatic N) is 2. The average Bonchev–Trinajstić information content (AvgIpc) is 3.18. The minimum Gasteiger partial charge on any atom is -0.497 e. The first kappa shape index (κ1) is 29.5. The van der Waals surface area contributed by atoms with Gasteiger partial charge in [0.05, 0.1) is 19.4 Å². The lowest BCUT2D eigenvalue weighted by molar-refractivity contribution is -0.139. The SMILES string of the molecule is COc1ccc(C(=O)Nc2ccc3c(c2)[C@@](O)([C@H](C)/C=C/CC(=O)N(CCO)Cc2ccccc2)C(=O)N3C)cc1. The highest BCUT2D eigenvalue weighted by atomic mass is 16.5. The second-order valence-corrected chi connectivity index (χ2v) is 9.99. The predicted octanol–water partition coefficient (Wildman–Crippen LogP) is 3.72. The molecule has 4 rings (SSSR count). The van der Waals surface area contributed by atoms with E-state index in [1.165, 1.54) is 4.90 Å².